The molecule has 4 heteroatoms. The minimum atomic E-state index is 0.265. The van der Waals surface area contributed by atoms with Crippen molar-refractivity contribution in [3.8, 4) is 5.75 Å². The summed E-state index contributed by atoms with van der Waals surface area (Å²) in [6.45, 7) is 5.24. The molecular weight excluding hydrogens is 240 g/mol. The predicted molar refractivity (Wildman–Crippen MR) is 78.0 cm³/mol. The van der Waals surface area contributed by atoms with E-state index < -0.39 is 0 Å². The van der Waals surface area contributed by atoms with Crippen molar-refractivity contribution in [1.82, 2.24) is 0 Å². The quantitative estimate of drug-likeness (QED) is 0.826. The van der Waals surface area contributed by atoms with Crippen LogP contribution in [0.15, 0.2) is 18.2 Å². The zero-order chi connectivity index (χ0) is 13.7. The standard InChI is InChI=1S/C15H24N2O2/c1-12-5-6-15(19-9-8-18-2)14(10-12)17-7-3-4-13(16)11-17/h5-6,10,13H,3-4,7-9,11,16H2,1-2H3. The first-order valence-corrected chi connectivity index (χ1v) is 6.93. The number of hydrogen-bond acceptors (Lipinski definition) is 4. The number of anilines is 1. The molecular formula is C15H24N2O2. The Hall–Kier alpha value is -1.26. The fourth-order valence-electron chi connectivity index (χ4n) is 2.46. The van der Waals surface area contributed by atoms with Crippen LogP contribution in [0.3, 0.4) is 0 Å². The molecule has 0 saturated carbocycles. The van der Waals surface area contributed by atoms with Crippen molar-refractivity contribution >= 4 is 5.69 Å². The van der Waals surface area contributed by atoms with Crippen LogP contribution in [-0.4, -0.2) is 39.5 Å². The lowest BCUT2D eigenvalue weighted by Crippen LogP contribution is -2.43. The minimum Gasteiger partial charge on any atom is -0.489 e. The second-order valence-corrected chi connectivity index (χ2v) is 5.16. The molecule has 0 radical (unpaired) electrons. The van der Waals surface area contributed by atoms with Crippen molar-refractivity contribution in [2.75, 3.05) is 38.3 Å². The predicted octanol–water partition coefficient (Wildman–Crippen LogP) is 1.95. The number of methoxy groups -OCH3 is 1. The molecule has 1 aliphatic heterocycles. The van der Waals surface area contributed by atoms with E-state index in [0.717, 1.165) is 37.4 Å². The Morgan fingerprint density at radius 1 is 1.37 bits per heavy atom. The molecule has 1 fully saturated rings. The van der Waals surface area contributed by atoms with Crippen LogP contribution in [0.5, 0.6) is 5.75 Å². The summed E-state index contributed by atoms with van der Waals surface area (Å²) in [6.07, 6.45) is 2.26. The summed E-state index contributed by atoms with van der Waals surface area (Å²) in [6, 6.07) is 6.57. The van der Waals surface area contributed by atoms with E-state index in [4.69, 9.17) is 15.2 Å². The van der Waals surface area contributed by atoms with Crippen LogP contribution in [0.25, 0.3) is 0 Å². The van der Waals surface area contributed by atoms with Gasteiger partial charge in [-0.15, -0.1) is 0 Å². The Morgan fingerprint density at radius 3 is 2.95 bits per heavy atom. The molecule has 106 valence electrons. The number of benzene rings is 1. The number of ether oxygens (including phenoxy) is 2. The summed E-state index contributed by atoms with van der Waals surface area (Å²) in [5.41, 5.74) is 8.47. The average Bonchev–Trinajstić information content (AvgIpc) is 2.40. The third kappa shape index (κ3) is 3.85. The molecule has 0 spiro atoms. The fraction of sp³-hybridized carbons (Fsp3) is 0.600. The summed E-state index contributed by atoms with van der Waals surface area (Å²) in [7, 11) is 1.68. The highest BCUT2D eigenvalue weighted by atomic mass is 16.5. The lowest BCUT2D eigenvalue weighted by Gasteiger charge is -2.33. The molecule has 1 saturated heterocycles. The highest BCUT2D eigenvalue weighted by Crippen LogP contribution is 2.31. The number of aryl methyl sites for hydroxylation is 1. The zero-order valence-corrected chi connectivity index (χ0v) is 11.9. The first-order chi connectivity index (χ1) is 9.20. The summed E-state index contributed by atoms with van der Waals surface area (Å²) < 4.78 is 10.8. The van der Waals surface area contributed by atoms with Crippen molar-refractivity contribution < 1.29 is 9.47 Å². The van der Waals surface area contributed by atoms with Gasteiger partial charge in [0.1, 0.15) is 12.4 Å². The average molecular weight is 264 g/mol. The number of hydrogen-bond donors (Lipinski definition) is 1. The van der Waals surface area contributed by atoms with E-state index in [-0.39, 0.29) is 6.04 Å². The van der Waals surface area contributed by atoms with Crippen LogP contribution in [0.1, 0.15) is 18.4 Å². The molecule has 1 aromatic rings. The van der Waals surface area contributed by atoms with Crippen LogP contribution < -0.4 is 15.4 Å². The molecule has 1 atom stereocenters. The van der Waals surface area contributed by atoms with Crippen molar-refractivity contribution in [2.45, 2.75) is 25.8 Å². The highest BCUT2D eigenvalue weighted by Gasteiger charge is 2.19. The lowest BCUT2D eigenvalue weighted by atomic mass is 10.0. The summed E-state index contributed by atoms with van der Waals surface area (Å²) in [5, 5.41) is 0. The number of nitrogens with zero attached hydrogens (tertiary/aromatic N) is 1. The second kappa shape index (κ2) is 6.78. The van der Waals surface area contributed by atoms with E-state index in [1.807, 2.05) is 6.07 Å². The van der Waals surface area contributed by atoms with Gasteiger partial charge in [0.25, 0.3) is 0 Å². The Balaban J connectivity index is 2.13. The Bertz CT molecular complexity index is 409. The van der Waals surface area contributed by atoms with Gasteiger partial charge in [0.2, 0.25) is 0 Å². The van der Waals surface area contributed by atoms with Crippen LogP contribution in [0.4, 0.5) is 5.69 Å². The molecule has 1 aromatic carbocycles. The summed E-state index contributed by atoms with van der Waals surface area (Å²) in [5.74, 6) is 0.928. The van der Waals surface area contributed by atoms with Gasteiger partial charge in [-0.05, 0) is 37.5 Å². The smallest absolute Gasteiger partial charge is 0.142 e. The van der Waals surface area contributed by atoms with Gasteiger partial charge in [-0.1, -0.05) is 6.07 Å². The van der Waals surface area contributed by atoms with E-state index in [2.05, 4.69) is 24.0 Å². The Labute approximate surface area is 115 Å². The largest absolute Gasteiger partial charge is 0.489 e. The van der Waals surface area contributed by atoms with Crippen molar-refractivity contribution in [3.05, 3.63) is 23.8 Å². The number of rotatable bonds is 5. The van der Waals surface area contributed by atoms with Crippen LogP contribution in [0, 0.1) is 6.92 Å². The second-order valence-electron chi connectivity index (χ2n) is 5.16. The summed E-state index contributed by atoms with van der Waals surface area (Å²) in [4.78, 5) is 2.34. The van der Waals surface area contributed by atoms with Gasteiger partial charge >= 0.3 is 0 Å². The third-order valence-electron chi connectivity index (χ3n) is 3.46. The van der Waals surface area contributed by atoms with Gasteiger partial charge < -0.3 is 20.1 Å². The normalized spacial score (nSPS) is 19.5. The molecule has 19 heavy (non-hydrogen) atoms. The van der Waals surface area contributed by atoms with Gasteiger partial charge in [-0.25, -0.2) is 0 Å². The maximum Gasteiger partial charge on any atom is 0.142 e. The zero-order valence-electron chi connectivity index (χ0n) is 11.9. The first-order valence-electron chi connectivity index (χ1n) is 6.93. The fourth-order valence-corrected chi connectivity index (χ4v) is 2.46. The van der Waals surface area contributed by atoms with Crippen LogP contribution in [-0.2, 0) is 4.74 Å². The number of piperidine rings is 1. The van der Waals surface area contributed by atoms with Gasteiger partial charge in [0, 0.05) is 26.2 Å². The number of nitrogens with two attached hydrogens (primary N) is 1. The molecule has 0 bridgehead atoms. The third-order valence-corrected chi connectivity index (χ3v) is 3.46. The molecule has 2 rings (SSSR count). The SMILES string of the molecule is COCCOc1ccc(C)cc1N1CCCC(N)C1. The van der Waals surface area contributed by atoms with Crippen molar-refractivity contribution in [2.24, 2.45) is 5.73 Å². The molecule has 4 nitrogen and oxygen atoms in total. The summed E-state index contributed by atoms with van der Waals surface area (Å²) >= 11 is 0. The monoisotopic (exact) mass is 264 g/mol. The van der Waals surface area contributed by atoms with Crippen LogP contribution in [0.2, 0.25) is 0 Å². The van der Waals surface area contributed by atoms with Crippen LogP contribution >= 0.6 is 0 Å². The van der Waals surface area contributed by atoms with E-state index in [9.17, 15) is 0 Å². The first kappa shape index (κ1) is 14.2. The van der Waals surface area contributed by atoms with E-state index >= 15 is 0 Å². The van der Waals surface area contributed by atoms with E-state index in [1.165, 1.54) is 5.56 Å². The maximum atomic E-state index is 6.07. The molecule has 0 aromatic heterocycles. The van der Waals surface area contributed by atoms with E-state index in [0.29, 0.717) is 13.2 Å². The van der Waals surface area contributed by atoms with E-state index in [1.54, 1.807) is 7.11 Å². The molecule has 1 unspecified atom stereocenters. The molecule has 0 amide bonds. The minimum absolute atomic E-state index is 0.265. The molecule has 0 aliphatic carbocycles. The maximum absolute atomic E-state index is 6.07. The van der Waals surface area contributed by atoms with Gasteiger partial charge in [0.15, 0.2) is 0 Å². The van der Waals surface area contributed by atoms with Crippen molar-refractivity contribution in [3.63, 3.8) is 0 Å². The molecule has 2 N–H and O–H groups in total. The Morgan fingerprint density at radius 2 is 2.21 bits per heavy atom. The molecule has 1 heterocycles. The molecule has 1 aliphatic rings. The van der Waals surface area contributed by atoms with Gasteiger partial charge in [0.05, 0.1) is 12.3 Å². The highest BCUT2D eigenvalue weighted by molar-refractivity contribution is 5.60. The van der Waals surface area contributed by atoms with Crippen molar-refractivity contribution in [1.29, 1.82) is 0 Å². The topological polar surface area (TPSA) is 47.7 Å². The lowest BCUT2D eigenvalue weighted by molar-refractivity contribution is 0.146. The van der Waals surface area contributed by atoms with Gasteiger partial charge in [-0.3, -0.25) is 0 Å². The van der Waals surface area contributed by atoms with Gasteiger partial charge in [-0.2, -0.15) is 0 Å². The Kier molecular flexibility index (Phi) is 5.05.